The second kappa shape index (κ2) is 5.18. The summed E-state index contributed by atoms with van der Waals surface area (Å²) in [5.74, 6) is 4.49. The first kappa shape index (κ1) is 11.3. The Labute approximate surface area is 88.4 Å². The Morgan fingerprint density at radius 2 is 2.20 bits per heavy atom. The summed E-state index contributed by atoms with van der Waals surface area (Å²) in [5.41, 5.74) is 1.43. The van der Waals surface area contributed by atoms with Crippen LogP contribution in [0.2, 0.25) is 0 Å². The Morgan fingerprint density at radius 3 is 2.80 bits per heavy atom. The molecule has 0 unspecified atom stereocenters. The van der Waals surface area contributed by atoms with Crippen molar-refractivity contribution in [3.05, 3.63) is 34.9 Å². The lowest BCUT2D eigenvalue weighted by molar-refractivity contribution is 0.0696. The van der Waals surface area contributed by atoms with Crippen LogP contribution < -0.4 is 0 Å². The molecule has 0 atom stereocenters. The van der Waals surface area contributed by atoms with E-state index in [9.17, 15) is 4.79 Å². The van der Waals surface area contributed by atoms with E-state index in [4.69, 9.17) is 10.2 Å². The Morgan fingerprint density at radius 1 is 1.47 bits per heavy atom. The van der Waals surface area contributed by atoms with Gasteiger partial charge in [-0.3, -0.25) is 0 Å². The second-order valence-corrected chi connectivity index (χ2v) is 3.08. The van der Waals surface area contributed by atoms with Crippen LogP contribution in [0.4, 0.5) is 0 Å². The molecule has 0 aromatic heterocycles. The maximum absolute atomic E-state index is 11.0. The van der Waals surface area contributed by atoms with Gasteiger partial charge in [-0.15, -0.1) is 0 Å². The number of rotatable bonds is 2. The fraction of sp³-hybridized carbons (Fsp3) is 0.250. The van der Waals surface area contributed by atoms with E-state index in [1.54, 1.807) is 25.1 Å². The molecule has 0 saturated carbocycles. The molecule has 0 saturated heterocycles. The minimum atomic E-state index is -0.971. The predicted molar refractivity (Wildman–Crippen MR) is 56.7 cm³/mol. The van der Waals surface area contributed by atoms with E-state index in [0.29, 0.717) is 17.5 Å². The zero-order valence-corrected chi connectivity index (χ0v) is 8.45. The first-order chi connectivity index (χ1) is 7.16. The summed E-state index contributed by atoms with van der Waals surface area (Å²) in [5, 5.41) is 17.5. The molecule has 3 heteroatoms. The van der Waals surface area contributed by atoms with Crippen LogP contribution in [0.25, 0.3) is 0 Å². The highest BCUT2D eigenvalue weighted by molar-refractivity contribution is 5.92. The van der Waals surface area contributed by atoms with Crippen molar-refractivity contribution in [2.24, 2.45) is 0 Å². The smallest absolute Gasteiger partial charge is 0.337 e. The number of aromatic carboxylic acids is 1. The lowest BCUT2D eigenvalue weighted by atomic mass is 10.0. The van der Waals surface area contributed by atoms with Crippen molar-refractivity contribution in [3.8, 4) is 11.8 Å². The number of hydrogen-bond donors (Lipinski definition) is 2. The molecule has 78 valence electrons. The van der Waals surface area contributed by atoms with Crippen LogP contribution >= 0.6 is 0 Å². The van der Waals surface area contributed by atoms with Gasteiger partial charge in [-0.25, -0.2) is 4.79 Å². The summed E-state index contributed by atoms with van der Waals surface area (Å²) in [7, 11) is 0. The third-order valence-electron chi connectivity index (χ3n) is 1.95. The molecule has 0 heterocycles. The number of carboxylic acid groups (broad SMARTS) is 1. The SMILES string of the molecule is Cc1cccc(C#CCCO)c1C(=O)O. The van der Waals surface area contributed by atoms with E-state index in [1.807, 2.05) is 0 Å². The molecule has 3 nitrogen and oxygen atoms in total. The van der Waals surface area contributed by atoms with Gasteiger partial charge < -0.3 is 10.2 Å². The topological polar surface area (TPSA) is 57.5 Å². The van der Waals surface area contributed by atoms with E-state index in [2.05, 4.69) is 11.8 Å². The highest BCUT2D eigenvalue weighted by Crippen LogP contribution is 2.13. The molecule has 0 amide bonds. The van der Waals surface area contributed by atoms with Crippen LogP contribution in [-0.4, -0.2) is 22.8 Å². The fourth-order valence-corrected chi connectivity index (χ4v) is 1.27. The zero-order chi connectivity index (χ0) is 11.3. The zero-order valence-electron chi connectivity index (χ0n) is 8.45. The van der Waals surface area contributed by atoms with Crippen molar-refractivity contribution in [1.29, 1.82) is 0 Å². The second-order valence-electron chi connectivity index (χ2n) is 3.08. The van der Waals surface area contributed by atoms with Gasteiger partial charge in [-0.1, -0.05) is 24.0 Å². The molecular weight excluding hydrogens is 192 g/mol. The molecule has 0 aliphatic heterocycles. The summed E-state index contributed by atoms with van der Waals surface area (Å²) >= 11 is 0. The highest BCUT2D eigenvalue weighted by atomic mass is 16.4. The molecule has 2 N–H and O–H groups in total. The lowest BCUT2D eigenvalue weighted by Crippen LogP contribution is -2.02. The van der Waals surface area contributed by atoms with Crippen molar-refractivity contribution in [1.82, 2.24) is 0 Å². The molecule has 15 heavy (non-hydrogen) atoms. The Kier molecular flexibility index (Phi) is 3.90. The molecule has 1 aromatic carbocycles. The highest BCUT2D eigenvalue weighted by Gasteiger charge is 2.10. The number of aliphatic hydroxyl groups excluding tert-OH is 1. The van der Waals surface area contributed by atoms with Crippen molar-refractivity contribution >= 4 is 5.97 Å². The van der Waals surface area contributed by atoms with Crippen molar-refractivity contribution in [2.45, 2.75) is 13.3 Å². The Bertz CT molecular complexity index is 424. The lowest BCUT2D eigenvalue weighted by Gasteiger charge is -2.02. The van der Waals surface area contributed by atoms with E-state index in [0.717, 1.165) is 0 Å². The Hall–Kier alpha value is -1.79. The minimum Gasteiger partial charge on any atom is -0.478 e. The molecule has 0 spiro atoms. The number of benzene rings is 1. The van der Waals surface area contributed by atoms with Gasteiger partial charge in [0.15, 0.2) is 0 Å². The molecule has 0 bridgehead atoms. The average Bonchev–Trinajstić information content (AvgIpc) is 2.17. The van der Waals surface area contributed by atoms with Gasteiger partial charge in [0, 0.05) is 12.0 Å². The number of hydrogen-bond acceptors (Lipinski definition) is 2. The van der Waals surface area contributed by atoms with Gasteiger partial charge in [0.05, 0.1) is 12.2 Å². The minimum absolute atomic E-state index is 0.0127. The van der Waals surface area contributed by atoms with E-state index >= 15 is 0 Å². The van der Waals surface area contributed by atoms with Crippen molar-refractivity contribution in [2.75, 3.05) is 6.61 Å². The normalized spacial score (nSPS) is 9.20. The fourth-order valence-electron chi connectivity index (χ4n) is 1.27. The first-order valence-electron chi connectivity index (χ1n) is 4.59. The number of carbonyl (C=O) groups is 1. The molecule has 1 aromatic rings. The van der Waals surface area contributed by atoms with E-state index in [1.165, 1.54) is 0 Å². The third-order valence-corrected chi connectivity index (χ3v) is 1.95. The summed E-state index contributed by atoms with van der Waals surface area (Å²) in [6, 6.07) is 5.17. The van der Waals surface area contributed by atoms with Gasteiger partial charge in [0.1, 0.15) is 0 Å². The maximum atomic E-state index is 11.0. The molecule has 1 rings (SSSR count). The molecular formula is C12H12O3. The van der Waals surface area contributed by atoms with Crippen LogP contribution in [0.1, 0.15) is 27.9 Å². The van der Waals surface area contributed by atoms with Gasteiger partial charge in [-0.2, -0.15) is 0 Å². The van der Waals surface area contributed by atoms with Crippen LogP contribution in [0.5, 0.6) is 0 Å². The summed E-state index contributed by atoms with van der Waals surface area (Å²) in [4.78, 5) is 11.0. The molecule has 0 radical (unpaired) electrons. The third kappa shape index (κ3) is 2.83. The first-order valence-corrected chi connectivity index (χ1v) is 4.59. The number of aryl methyl sites for hydroxylation is 1. The molecule has 0 aliphatic rings. The van der Waals surface area contributed by atoms with Crippen molar-refractivity contribution < 1.29 is 15.0 Å². The summed E-state index contributed by atoms with van der Waals surface area (Å²) in [6.07, 6.45) is 0.354. The number of carboxylic acids is 1. The predicted octanol–water partition coefficient (Wildman–Crippen LogP) is 1.43. The largest absolute Gasteiger partial charge is 0.478 e. The van der Waals surface area contributed by atoms with Gasteiger partial charge in [0.2, 0.25) is 0 Å². The summed E-state index contributed by atoms with van der Waals surface area (Å²) < 4.78 is 0. The average molecular weight is 204 g/mol. The van der Waals surface area contributed by atoms with Gasteiger partial charge in [0.25, 0.3) is 0 Å². The quantitative estimate of drug-likeness (QED) is 0.716. The van der Waals surface area contributed by atoms with Crippen LogP contribution in [-0.2, 0) is 0 Å². The number of aliphatic hydroxyl groups is 1. The standard InChI is InChI=1S/C12H12O3/c1-9-5-4-7-10(6-2-3-8-13)11(9)12(14)15/h4-5,7,13H,3,8H2,1H3,(H,14,15). The Balaban J connectivity index is 3.13. The van der Waals surface area contributed by atoms with Gasteiger partial charge >= 0.3 is 5.97 Å². The van der Waals surface area contributed by atoms with E-state index in [-0.39, 0.29) is 12.2 Å². The van der Waals surface area contributed by atoms with Crippen LogP contribution in [0.3, 0.4) is 0 Å². The van der Waals surface area contributed by atoms with Crippen LogP contribution in [0, 0.1) is 18.8 Å². The van der Waals surface area contributed by atoms with Crippen LogP contribution in [0.15, 0.2) is 18.2 Å². The molecule has 0 aliphatic carbocycles. The van der Waals surface area contributed by atoms with E-state index < -0.39 is 5.97 Å². The summed E-state index contributed by atoms with van der Waals surface area (Å²) in [6.45, 7) is 1.72. The monoisotopic (exact) mass is 204 g/mol. The van der Waals surface area contributed by atoms with Crippen molar-refractivity contribution in [3.63, 3.8) is 0 Å². The van der Waals surface area contributed by atoms with Gasteiger partial charge in [-0.05, 0) is 18.6 Å². The maximum Gasteiger partial charge on any atom is 0.337 e. The molecule has 0 fully saturated rings.